The minimum Gasteiger partial charge on any atom is -0.530 e. The molecule has 1 aromatic carbocycles. The smallest absolute Gasteiger partial charge is 0.258 e. The van der Waals surface area contributed by atoms with Gasteiger partial charge in [-0.25, -0.2) is 0 Å². The van der Waals surface area contributed by atoms with Crippen molar-refractivity contribution in [2.75, 3.05) is 6.54 Å². The van der Waals surface area contributed by atoms with Gasteiger partial charge in [-0.15, -0.1) is 11.3 Å². The van der Waals surface area contributed by atoms with Gasteiger partial charge in [0.1, 0.15) is 6.09 Å². The normalized spacial score (nSPS) is 12.3. The maximum absolute atomic E-state index is 13.2. The van der Waals surface area contributed by atoms with Gasteiger partial charge in [0.05, 0.1) is 10.6 Å². The second kappa shape index (κ2) is 7.04. The largest absolute Gasteiger partial charge is 0.530 e. The summed E-state index contributed by atoms with van der Waals surface area (Å²) in [6.07, 6.45) is -0.396. The van der Waals surface area contributed by atoms with Crippen molar-refractivity contribution in [2.45, 2.75) is 26.4 Å². The van der Waals surface area contributed by atoms with Gasteiger partial charge in [-0.2, -0.15) is 0 Å². The lowest BCUT2D eigenvalue weighted by molar-refractivity contribution is -0.266. The predicted octanol–water partition coefficient (Wildman–Crippen LogP) is 2.97. The zero-order valence-corrected chi connectivity index (χ0v) is 15.8. The van der Waals surface area contributed by atoms with Crippen LogP contribution in [0.5, 0.6) is 0 Å². The Hall–Kier alpha value is -2.86. The van der Waals surface area contributed by atoms with Gasteiger partial charge in [0.15, 0.2) is 0 Å². The molecule has 6 heteroatoms. The van der Waals surface area contributed by atoms with Crippen LogP contribution in [0.2, 0.25) is 0 Å². The van der Waals surface area contributed by atoms with E-state index in [4.69, 9.17) is 0 Å². The molecule has 138 valence electrons. The average molecular weight is 379 g/mol. The van der Waals surface area contributed by atoms with Gasteiger partial charge in [-0.3, -0.25) is 4.79 Å². The van der Waals surface area contributed by atoms with Crippen molar-refractivity contribution in [1.29, 1.82) is 0 Å². The predicted molar refractivity (Wildman–Crippen MR) is 105 cm³/mol. The molecule has 1 aliphatic heterocycles. The van der Waals surface area contributed by atoms with Crippen LogP contribution < -0.4 is 10.7 Å². The molecule has 0 N–H and O–H groups in total. The lowest BCUT2D eigenvalue weighted by atomic mass is 9.98. The Balaban J connectivity index is 1.95. The third kappa shape index (κ3) is 3.06. The van der Waals surface area contributed by atoms with Crippen molar-refractivity contribution in [2.24, 2.45) is 0 Å². The number of amides is 1. The molecule has 5 nitrogen and oxygen atoms in total. The molecule has 0 bridgehead atoms. The van der Waals surface area contributed by atoms with Crippen molar-refractivity contribution in [3.05, 3.63) is 69.3 Å². The Kier molecular flexibility index (Phi) is 4.58. The van der Waals surface area contributed by atoms with Gasteiger partial charge >= 0.3 is 0 Å². The highest BCUT2D eigenvalue weighted by atomic mass is 32.1. The number of hydrogen-bond donors (Lipinski definition) is 0. The molecule has 0 aliphatic carbocycles. The Labute approximate surface area is 161 Å². The molecule has 1 aliphatic rings. The van der Waals surface area contributed by atoms with Crippen LogP contribution in [0.1, 0.15) is 18.1 Å². The number of nitrogens with zero attached hydrogens (tertiary/aromatic N) is 2. The van der Waals surface area contributed by atoms with Crippen molar-refractivity contribution in [3.8, 4) is 21.7 Å². The number of carboxylic acid groups (broad SMARTS) is 1. The van der Waals surface area contributed by atoms with Gasteiger partial charge in [-0.1, -0.05) is 30.3 Å². The van der Waals surface area contributed by atoms with Crippen LogP contribution in [-0.4, -0.2) is 22.1 Å². The molecule has 4 rings (SSSR count). The quantitative estimate of drug-likeness (QED) is 0.700. The maximum Gasteiger partial charge on any atom is 0.258 e. The van der Waals surface area contributed by atoms with E-state index in [1.165, 1.54) is 10.5 Å². The zero-order chi connectivity index (χ0) is 19.0. The van der Waals surface area contributed by atoms with E-state index < -0.39 is 6.09 Å². The molecule has 0 unspecified atom stereocenters. The van der Waals surface area contributed by atoms with Gasteiger partial charge in [0.2, 0.25) is 0 Å². The molecule has 0 fully saturated rings. The molecule has 0 spiro atoms. The number of benzene rings is 1. The van der Waals surface area contributed by atoms with Gasteiger partial charge in [0, 0.05) is 25.2 Å². The summed E-state index contributed by atoms with van der Waals surface area (Å²) in [6, 6.07) is 13.5. The van der Waals surface area contributed by atoms with E-state index in [1.807, 2.05) is 41.8 Å². The van der Waals surface area contributed by atoms with E-state index in [1.54, 1.807) is 22.8 Å². The van der Waals surface area contributed by atoms with E-state index in [-0.39, 0.29) is 12.1 Å². The van der Waals surface area contributed by atoms with Crippen LogP contribution in [0.3, 0.4) is 0 Å². The second-order valence-corrected chi connectivity index (χ2v) is 7.48. The van der Waals surface area contributed by atoms with Crippen molar-refractivity contribution >= 4 is 17.4 Å². The first kappa shape index (κ1) is 17.5. The summed E-state index contributed by atoms with van der Waals surface area (Å²) in [5.74, 6) is 0. The van der Waals surface area contributed by atoms with Gasteiger partial charge < -0.3 is 19.4 Å². The third-order valence-electron chi connectivity index (χ3n) is 5.02. The number of fused-ring (bicyclic) bond motifs is 3. The first-order valence-corrected chi connectivity index (χ1v) is 9.83. The summed E-state index contributed by atoms with van der Waals surface area (Å²) < 4.78 is 1.81. The standard InChI is InChI=1S/C21H20N2O3S/c1-2-22(21(25)26)13-16-12-17(14-6-4-3-5-7-14)20(24)23-10-8-15-9-11-27-19(15)18(16)23/h3-7,9,11-12H,2,8,10,13H2,1H3,(H,25,26)/p-1. The zero-order valence-electron chi connectivity index (χ0n) is 15.0. The van der Waals surface area contributed by atoms with Crippen LogP contribution in [-0.2, 0) is 19.5 Å². The lowest BCUT2D eigenvalue weighted by Gasteiger charge is -2.28. The molecule has 27 heavy (non-hydrogen) atoms. The Bertz CT molecular complexity index is 1050. The molecule has 3 heterocycles. The monoisotopic (exact) mass is 379 g/mol. The molecule has 2 aromatic heterocycles. The van der Waals surface area contributed by atoms with Gasteiger partial charge in [0.25, 0.3) is 5.56 Å². The number of pyridine rings is 1. The van der Waals surface area contributed by atoms with Crippen molar-refractivity contribution < 1.29 is 9.90 Å². The number of thiophene rings is 1. The SMILES string of the molecule is CCN(Cc1cc(-c2ccccc2)c(=O)n2c1-c1sccc1CC2)C(=O)[O-]. The number of hydrogen-bond acceptors (Lipinski definition) is 4. The summed E-state index contributed by atoms with van der Waals surface area (Å²) in [7, 11) is 0. The van der Waals surface area contributed by atoms with Crippen LogP contribution in [0.4, 0.5) is 4.79 Å². The van der Waals surface area contributed by atoms with Crippen LogP contribution >= 0.6 is 11.3 Å². The Morgan fingerprint density at radius 1 is 1.26 bits per heavy atom. The van der Waals surface area contributed by atoms with E-state index in [0.717, 1.165) is 28.1 Å². The van der Waals surface area contributed by atoms with Crippen LogP contribution in [0, 0.1) is 0 Å². The molecule has 0 radical (unpaired) electrons. The summed E-state index contributed by atoms with van der Waals surface area (Å²) in [5, 5.41) is 13.5. The summed E-state index contributed by atoms with van der Waals surface area (Å²) >= 11 is 1.59. The molecule has 0 saturated heterocycles. The highest BCUT2D eigenvalue weighted by Crippen LogP contribution is 2.37. The van der Waals surface area contributed by atoms with Crippen LogP contribution in [0.25, 0.3) is 21.7 Å². The molecule has 1 amide bonds. The number of rotatable bonds is 4. The number of carbonyl (C=O) groups excluding carboxylic acids is 1. The summed E-state index contributed by atoms with van der Waals surface area (Å²) in [6.45, 7) is 2.92. The highest BCUT2D eigenvalue weighted by molar-refractivity contribution is 7.13. The molecule has 3 aromatic rings. The third-order valence-corrected chi connectivity index (χ3v) is 5.98. The second-order valence-electron chi connectivity index (χ2n) is 6.56. The summed E-state index contributed by atoms with van der Waals surface area (Å²) in [4.78, 5) is 27.0. The van der Waals surface area contributed by atoms with E-state index in [0.29, 0.717) is 18.7 Å². The first-order chi connectivity index (χ1) is 13.1. The van der Waals surface area contributed by atoms with Gasteiger partial charge in [-0.05, 0) is 47.5 Å². The molecular weight excluding hydrogens is 360 g/mol. The first-order valence-electron chi connectivity index (χ1n) is 8.95. The lowest BCUT2D eigenvalue weighted by Crippen LogP contribution is -2.41. The fraction of sp³-hybridized carbons (Fsp3) is 0.238. The topological polar surface area (TPSA) is 65.4 Å². The van der Waals surface area contributed by atoms with Crippen molar-refractivity contribution in [3.63, 3.8) is 0 Å². The van der Waals surface area contributed by atoms with E-state index >= 15 is 0 Å². The Morgan fingerprint density at radius 2 is 2.04 bits per heavy atom. The molecule has 0 atom stereocenters. The summed E-state index contributed by atoms with van der Waals surface area (Å²) in [5.41, 5.74) is 4.30. The molecule has 0 saturated carbocycles. The number of aromatic nitrogens is 1. The number of aryl methyl sites for hydroxylation is 1. The van der Waals surface area contributed by atoms with E-state index in [9.17, 15) is 14.7 Å². The highest BCUT2D eigenvalue weighted by Gasteiger charge is 2.24. The van der Waals surface area contributed by atoms with Crippen molar-refractivity contribution in [1.82, 2.24) is 9.47 Å². The fourth-order valence-electron chi connectivity index (χ4n) is 3.64. The minimum absolute atomic E-state index is 0.0319. The minimum atomic E-state index is -1.20. The molecular formula is C21H19N2O3S-. The Morgan fingerprint density at radius 3 is 2.74 bits per heavy atom. The van der Waals surface area contributed by atoms with Crippen LogP contribution in [0.15, 0.2) is 52.6 Å². The number of carbonyl (C=O) groups is 1. The average Bonchev–Trinajstić information content (AvgIpc) is 3.16. The van der Waals surface area contributed by atoms with E-state index in [2.05, 4.69) is 6.07 Å². The fourth-order valence-corrected chi connectivity index (χ4v) is 4.68. The maximum atomic E-state index is 13.2.